The molecule has 0 bridgehead atoms. The number of methoxy groups -OCH3 is 2. The predicted octanol–water partition coefficient (Wildman–Crippen LogP) is 4.20. The van der Waals surface area contributed by atoms with Crippen molar-refractivity contribution in [2.75, 3.05) is 14.2 Å². The lowest BCUT2D eigenvalue weighted by molar-refractivity contribution is -0.143. The predicted molar refractivity (Wildman–Crippen MR) is 117 cm³/mol. The number of hydrogen-bond donors (Lipinski definition) is 1. The van der Waals surface area contributed by atoms with Gasteiger partial charge in [0.05, 0.1) is 38.5 Å². The van der Waals surface area contributed by atoms with Crippen LogP contribution in [0, 0.1) is 0 Å². The van der Waals surface area contributed by atoms with Crippen LogP contribution in [0.1, 0.15) is 37.9 Å². The van der Waals surface area contributed by atoms with E-state index < -0.39 is 12.0 Å². The van der Waals surface area contributed by atoms with Gasteiger partial charge in [0, 0.05) is 5.70 Å². The summed E-state index contributed by atoms with van der Waals surface area (Å²) in [6.07, 6.45) is -0.293. The number of rotatable bonds is 7. The molecule has 0 spiro atoms. The standard InChI is InChI=1S/C24H28N2O5/c1-15(2)31-23(27)21-16(3)26(14-17-9-7-6-8-10-17)24(28)25-22(21)18-11-12-19(29-4)20(13-18)30-5/h6-13,15,22H,14H2,1-5H3,(H,25,28). The van der Waals surface area contributed by atoms with Crippen LogP contribution in [0.25, 0.3) is 0 Å². The van der Waals surface area contributed by atoms with Crippen molar-refractivity contribution in [1.82, 2.24) is 10.2 Å². The van der Waals surface area contributed by atoms with E-state index in [-0.39, 0.29) is 12.1 Å². The number of benzene rings is 2. The summed E-state index contributed by atoms with van der Waals surface area (Å²) in [5.41, 5.74) is 2.59. The first-order valence-electron chi connectivity index (χ1n) is 10.1. The molecule has 164 valence electrons. The lowest BCUT2D eigenvalue weighted by Gasteiger charge is -2.35. The lowest BCUT2D eigenvalue weighted by atomic mass is 9.94. The minimum absolute atomic E-state index is 0.290. The molecule has 3 rings (SSSR count). The van der Waals surface area contributed by atoms with Gasteiger partial charge in [-0.2, -0.15) is 0 Å². The molecule has 0 aliphatic carbocycles. The largest absolute Gasteiger partial charge is 0.493 e. The van der Waals surface area contributed by atoms with Crippen molar-refractivity contribution in [1.29, 1.82) is 0 Å². The summed E-state index contributed by atoms with van der Waals surface area (Å²) >= 11 is 0. The molecule has 2 aromatic rings. The summed E-state index contributed by atoms with van der Waals surface area (Å²) in [4.78, 5) is 27.7. The van der Waals surface area contributed by atoms with Crippen LogP contribution in [0.3, 0.4) is 0 Å². The van der Waals surface area contributed by atoms with Gasteiger partial charge in [-0.25, -0.2) is 9.59 Å². The Morgan fingerprint density at radius 2 is 1.74 bits per heavy atom. The number of ether oxygens (including phenoxy) is 3. The average molecular weight is 424 g/mol. The van der Waals surface area contributed by atoms with E-state index in [1.807, 2.05) is 30.3 Å². The van der Waals surface area contributed by atoms with E-state index in [0.717, 1.165) is 5.56 Å². The summed E-state index contributed by atoms with van der Waals surface area (Å²) in [7, 11) is 3.09. The van der Waals surface area contributed by atoms with Crippen molar-refractivity contribution in [3.8, 4) is 11.5 Å². The van der Waals surface area contributed by atoms with Crippen LogP contribution in [0.5, 0.6) is 11.5 Å². The fourth-order valence-corrected chi connectivity index (χ4v) is 3.56. The highest BCUT2D eigenvalue weighted by Gasteiger charge is 2.37. The molecule has 2 amide bonds. The molecule has 0 saturated heterocycles. The molecule has 0 radical (unpaired) electrons. The average Bonchev–Trinajstić information content (AvgIpc) is 2.75. The number of nitrogens with one attached hydrogen (secondary N) is 1. The lowest BCUT2D eigenvalue weighted by Crippen LogP contribution is -2.47. The fraction of sp³-hybridized carbons (Fsp3) is 0.333. The Kier molecular flexibility index (Phi) is 6.84. The second kappa shape index (κ2) is 9.55. The van der Waals surface area contributed by atoms with Crippen LogP contribution in [-0.2, 0) is 16.1 Å². The number of carbonyl (C=O) groups excluding carboxylic acids is 2. The maximum Gasteiger partial charge on any atom is 0.338 e. The van der Waals surface area contributed by atoms with Crippen LogP contribution in [0.4, 0.5) is 4.79 Å². The van der Waals surface area contributed by atoms with Crippen molar-refractivity contribution < 1.29 is 23.8 Å². The highest BCUT2D eigenvalue weighted by Crippen LogP contribution is 2.36. The molecule has 0 fully saturated rings. The van der Waals surface area contributed by atoms with Gasteiger partial charge in [-0.15, -0.1) is 0 Å². The van der Waals surface area contributed by atoms with Crippen molar-refractivity contribution in [3.63, 3.8) is 0 Å². The third-order valence-corrected chi connectivity index (χ3v) is 5.08. The minimum atomic E-state index is -0.675. The molecule has 1 aliphatic rings. The zero-order chi connectivity index (χ0) is 22.5. The number of esters is 1. The van der Waals surface area contributed by atoms with E-state index in [2.05, 4.69) is 5.32 Å². The van der Waals surface area contributed by atoms with E-state index in [0.29, 0.717) is 34.9 Å². The third kappa shape index (κ3) is 4.82. The number of nitrogens with zero attached hydrogens (tertiary/aromatic N) is 1. The van der Waals surface area contributed by atoms with Crippen LogP contribution in [0.2, 0.25) is 0 Å². The Bertz CT molecular complexity index is 985. The first-order chi connectivity index (χ1) is 14.8. The quantitative estimate of drug-likeness (QED) is 0.674. The molecule has 31 heavy (non-hydrogen) atoms. The zero-order valence-electron chi connectivity index (χ0n) is 18.5. The number of carbonyl (C=O) groups is 2. The summed E-state index contributed by atoms with van der Waals surface area (Å²) < 4.78 is 16.2. The van der Waals surface area contributed by atoms with Gasteiger partial charge in [-0.1, -0.05) is 36.4 Å². The Hall–Kier alpha value is -3.48. The second-order valence-electron chi connectivity index (χ2n) is 7.52. The molecule has 1 atom stereocenters. The minimum Gasteiger partial charge on any atom is -0.493 e. The number of amides is 2. The molecule has 7 nitrogen and oxygen atoms in total. The first-order valence-corrected chi connectivity index (χ1v) is 10.1. The van der Waals surface area contributed by atoms with E-state index in [9.17, 15) is 9.59 Å². The topological polar surface area (TPSA) is 77.1 Å². The first kappa shape index (κ1) is 22.2. The van der Waals surface area contributed by atoms with Gasteiger partial charge >= 0.3 is 12.0 Å². The van der Waals surface area contributed by atoms with Gasteiger partial charge in [-0.3, -0.25) is 4.90 Å². The normalized spacial score (nSPS) is 16.3. The summed E-state index contributed by atoms with van der Waals surface area (Å²) in [6.45, 7) is 5.70. The van der Waals surface area contributed by atoms with Crippen LogP contribution >= 0.6 is 0 Å². The summed E-state index contributed by atoms with van der Waals surface area (Å²) in [6, 6.07) is 14.0. The highest BCUT2D eigenvalue weighted by atomic mass is 16.5. The smallest absolute Gasteiger partial charge is 0.338 e. The van der Waals surface area contributed by atoms with Crippen molar-refractivity contribution in [2.24, 2.45) is 0 Å². The number of hydrogen-bond acceptors (Lipinski definition) is 5. The molecule has 1 aliphatic heterocycles. The van der Waals surface area contributed by atoms with Gasteiger partial charge in [0.2, 0.25) is 0 Å². The second-order valence-corrected chi connectivity index (χ2v) is 7.52. The molecule has 1 heterocycles. The van der Waals surface area contributed by atoms with Gasteiger partial charge in [-0.05, 0) is 44.0 Å². The number of urea groups is 1. The Labute approximate surface area is 182 Å². The highest BCUT2D eigenvalue weighted by molar-refractivity contribution is 5.95. The van der Waals surface area contributed by atoms with Crippen molar-refractivity contribution in [3.05, 3.63) is 70.9 Å². The van der Waals surface area contributed by atoms with E-state index in [1.165, 1.54) is 7.11 Å². The Morgan fingerprint density at radius 3 is 2.35 bits per heavy atom. The van der Waals surface area contributed by atoms with Crippen LogP contribution in [0.15, 0.2) is 59.8 Å². The molecular formula is C24H28N2O5. The monoisotopic (exact) mass is 424 g/mol. The summed E-state index contributed by atoms with van der Waals surface area (Å²) in [5.74, 6) is 0.603. The number of allylic oxidation sites excluding steroid dienone is 1. The third-order valence-electron chi connectivity index (χ3n) is 5.08. The molecule has 0 saturated carbocycles. The summed E-state index contributed by atoms with van der Waals surface area (Å²) in [5, 5.41) is 2.96. The van der Waals surface area contributed by atoms with Crippen molar-refractivity contribution in [2.45, 2.75) is 39.5 Å². The molecule has 0 aromatic heterocycles. The fourth-order valence-electron chi connectivity index (χ4n) is 3.56. The molecule has 2 aromatic carbocycles. The van der Waals surface area contributed by atoms with Gasteiger partial charge in [0.1, 0.15) is 0 Å². The van der Waals surface area contributed by atoms with Crippen LogP contribution < -0.4 is 14.8 Å². The van der Waals surface area contributed by atoms with Crippen LogP contribution in [-0.4, -0.2) is 37.2 Å². The Morgan fingerprint density at radius 1 is 1.06 bits per heavy atom. The molecular weight excluding hydrogens is 396 g/mol. The maximum atomic E-state index is 13.1. The molecule has 7 heteroatoms. The van der Waals surface area contributed by atoms with E-state index in [1.54, 1.807) is 51.0 Å². The SMILES string of the molecule is COc1ccc(C2NC(=O)N(Cc3ccccc3)C(C)=C2C(=O)OC(C)C)cc1OC. The van der Waals surface area contributed by atoms with Gasteiger partial charge < -0.3 is 19.5 Å². The maximum absolute atomic E-state index is 13.1. The Balaban J connectivity index is 2.06. The van der Waals surface area contributed by atoms with E-state index in [4.69, 9.17) is 14.2 Å². The van der Waals surface area contributed by atoms with E-state index >= 15 is 0 Å². The van der Waals surface area contributed by atoms with Crippen molar-refractivity contribution >= 4 is 12.0 Å². The van der Waals surface area contributed by atoms with Gasteiger partial charge in [0.15, 0.2) is 11.5 Å². The van der Waals surface area contributed by atoms with Gasteiger partial charge in [0.25, 0.3) is 0 Å². The zero-order valence-corrected chi connectivity index (χ0v) is 18.5. The molecule has 1 unspecified atom stereocenters. The molecule has 1 N–H and O–H groups in total.